The number of benzene rings is 1. The molecule has 0 unspecified atom stereocenters. The summed E-state index contributed by atoms with van der Waals surface area (Å²) in [6, 6.07) is 7.14. The van der Waals surface area contributed by atoms with Crippen LogP contribution in [-0.4, -0.2) is 30.6 Å². The van der Waals surface area contributed by atoms with Crippen LogP contribution in [-0.2, 0) is 4.79 Å². The Balaban J connectivity index is 1.98. The van der Waals surface area contributed by atoms with E-state index in [0.717, 1.165) is 44.9 Å². The van der Waals surface area contributed by atoms with Gasteiger partial charge in [-0.1, -0.05) is 44.6 Å². The number of rotatable bonds is 13. The molecule has 1 amide bonds. The third-order valence-electron chi connectivity index (χ3n) is 3.93. The van der Waals surface area contributed by atoms with E-state index in [9.17, 15) is 9.59 Å². The first-order valence-electron chi connectivity index (χ1n) is 8.77. The molecule has 0 aliphatic heterocycles. The molecule has 0 spiro atoms. The molecule has 0 heterocycles. The molecule has 0 atom stereocenters. The van der Waals surface area contributed by atoms with E-state index in [0.29, 0.717) is 17.9 Å². The van der Waals surface area contributed by atoms with E-state index in [4.69, 9.17) is 9.84 Å². The van der Waals surface area contributed by atoms with Crippen LogP contribution in [0.1, 0.15) is 68.1 Å². The van der Waals surface area contributed by atoms with E-state index in [1.165, 1.54) is 6.42 Å². The first kappa shape index (κ1) is 20.0. The van der Waals surface area contributed by atoms with Gasteiger partial charge in [-0.05, 0) is 31.0 Å². The van der Waals surface area contributed by atoms with Gasteiger partial charge >= 0.3 is 5.97 Å². The first-order chi connectivity index (χ1) is 11.6. The predicted octanol–water partition coefficient (Wildman–Crippen LogP) is 4.02. The average molecular weight is 335 g/mol. The van der Waals surface area contributed by atoms with Crippen LogP contribution in [0.25, 0.3) is 0 Å². The normalized spacial score (nSPS) is 10.4. The van der Waals surface area contributed by atoms with Gasteiger partial charge < -0.3 is 15.2 Å². The third kappa shape index (κ3) is 9.18. The maximum atomic E-state index is 12.0. The van der Waals surface area contributed by atoms with Crippen molar-refractivity contribution in [2.75, 3.05) is 13.7 Å². The number of carbonyl (C=O) groups excluding carboxylic acids is 1. The Bertz CT molecular complexity index is 502. The van der Waals surface area contributed by atoms with Crippen molar-refractivity contribution in [1.29, 1.82) is 0 Å². The molecule has 0 fully saturated rings. The van der Waals surface area contributed by atoms with Crippen LogP contribution in [0.15, 0.2) is 24.3 Å². The largest absolute Gasteiger partial charge is 0.497 e. The summed E-state index contributed by atoms with van der Waals surface area (Å²) in [5.74, 6) is -0.0793. The molecule has 0 aromatic heterocycles. The van der Waals surface area contributed by atoms with Crippen molar-refractivity contribution in [2.24, 2.45) is 0 Å². The van der Waals surface area contributed by atoms with E-state index >= 15 is 0 Å². The molecule has 1 rings (SSSR count). The molecule has 24 heavy (non-hydrogen) atoms. The summed E-state index contributed by atoms with van der Waals surface area (Å²) in [6.45, 7) is 0.689. The van der Waals surface area contributed by atoms with Gasteiger partial charge in [-0.25, -0.2) is 0 Å². The van der Waals surface area contributed by atoms with Gasteiger partial charge in [0.25, 0.3) is 5.91 Å². The molecule has 0 saturated heterocycles. The minimum Gasteiger partial charge on any atom is -0.497 e. The molecule has 0 aliphatic carbocycles. The molecule has 0 saturated carbocycles. The Morgan fingerprint density at radius 1 is 1.00 bits per heavy atom. The first-order valence-corrected chi connectivity index (χ1v) is 8.77. The lowest BCUT2D eigenvalue weighted by Gasteiger charge is -2.07. The van der Waals surface area contributed by atoms with Crippen molar-refractivity contribution in [3.05, 3.63) is 29.8 Å². The van der Waals surface area contributed by atoms with Gasteiger partial charge in [0.2, 0.25) is 0 Å². The number of amides is 1. The molecule has 1 aromatic rings. The zero-order valence-corrected chi connectivity index (χ0v) is 14.6. The lowest BCUT2D eigenvalue weighted by atomic mass is 10.1. The number of methoxy groups -OCH3 is 1. The monoisotopic (exact) mass is 335 g/mol. The summed E-state index contributed by atoms with van der Waals surface area (Å²) in [7, 11) is 1.59. The fraction of sp³-hybridized carbons (Fsp3) is 0.579. The van der Waals surface area contributed by atoms with E-state index < -0.39 is 5.97 Å². The maximum absolute atomic E-state index is 12.0. The quantitative estimate of drug-likeness (QED) is 0.534. The highest BCUT2D eigenvalue weighted by molar-refractivity contribution is 5.94. The Labute approximate surface area is 144 Å². The molecule has 134 valence electrons. The van der Waals surface area contributed by atoms with Gasteiger partial charge in [-0.3, -0.25) is 9.59 Å². The summed E-state index contributed by atoms with van der Waals surface area (Å²) in [4.78, 5) is 22.4. The van der Waals surface area contributed by atoms with E-state index in [1.54, 1.807) is 19.2 Å². The number of aliphatic carboxylic acids is 1. The van der Waals surface area contributed by atoms with Crippen molar-refractivity contribution in [3.8, 4) is 5.75 Å². The summed E-state index contributed by atoms with van der Waals surface area (Å²) in [5, 5.41) is 11.5. The number of carboxylic acid groups (broad SMARTS) is 1. The standard InChI is InChI=1S/C19H29NO4/c1-24-17-12-10-11-16(15-17)19(23)20-14-9-7-5-3-2-4-6-8-13-18(21)22/h10-12,15H,2-9,13-14H2,1H3,(H,20,23)(H,21,22). The molecule has 0 aliphatic rings. The number of unbranched alkanes of at least 4 members (excludes halogenated alkanes) is 7. The van der Waals surface area contributed by atoms with Gasteiger partial charge in [-0.15, -0.1) is 0 Å². The molecular weight excluding hydrogens is 306 g/mol. The fourth-order valence-corrected chi connectivity index (χ4v) is 2.53. The Morgan fingerprint density at radius 3 is 2.25 bits per heavy atom. The van der Waals surface area contributed by atoms with Crippen LogP contribution in [0, 0.1) is 0 Å². The summed E-state index contributed by atoms with van der Waals surface area (Å²) in [5.41, 5.74) is 0.621. The smallest absolute Gasteiger partial charge is 0.303 e. The van der Waals surface area contributed by atoms with E-state index in [1.807, 2.05) is 12.1 Å². The molecule has 5 heteroatoms. The molecule has 0 bridgehead atoms. The van der Waals surface area contributed by atoms with Gasteiger partial charge in [0.05, 0.1) is 7.11 Å². The number of carboxylic acids is 1. The van der Waals surface area contributed by atoms with Crippen molar-refractivity contribution in [1.82, 2.24) is 5.32 Å². The van der Waals surface area contributed by atoms with E-state index in [2.05, 4.69) is 5.32 Å². The zero-order valence-electron chi connectivity index (χ0n) is 14.6. The highest BCUT2D eigenvalue weighted by Crippen LogP contribution is 2.12. The van der Waals surface area contributed by atoms with Gasteiger partial charge in [0.1, 0.15) is 5.75 Å². The fourth-order valence-electron chi connectivity index (χ4n) is 2.53. The molecule has 5 nitrogen and oxygen atoms in total. The second-order valence-electron chi connectivity index (χ2n) is 5.96. The van der Waals surface area contributed by atoms with Crippen molar-refractivity contribution < 1.29 is 19.4 Å². The number of hydrogen-bond acceptors (Lipinski definition) is 3. The number of carbonyl (C=O) groups is 2. The number of nitrogens with one attached hydrogen (secondary N) is 1. The Morgan fingerprint density at radius 2 is 1.62 bits per heavy atom. The second-order valence-corrected chi connectivity index (χ2v) is 5.96. The third-order valence-corrected chi connectivity index (χ3v) is 3.93. The van der Waals surface area contributed by atoms with Crippen molar-refractivity contribution in [2.45, 2.75) is 57.8 Å². The minimum atomic E-state index is -0.703. The van der Waals surface area contributed by atoms with Crippen LogP contribution in [0.5, 0.6) is 5.75 Å². The summed E-state index contributed by atoms with van der Waals surface area (Å²) < 4.78 is 5.11. The van der Waals surface area contributed by atoms with Crippen LogP contribution in [0.2, 0.25) is 0 Å². The van der Waals surface area contributed by atoms with Gasteiger partial charge in [-0.2, -0.15) is 0 Å². The SMILES string of the molecule is COc1cccc(C(=O)NCCCCCCCCCCC(=O)O)c1. The Hall–Kier alpha value is -2.04. The molecular formula is C19H29NO4. The number of ether oxygens (including phenoxy) is 1. The highest BCUT2D eigenvalue weighted by atomic mass is 16.5. The topological polar surface area (TPSA) is 75.6 Å². The van der Waals surface area contributed by atoms with Crippen LogP contribution >= 0.6 is 0 Å². The lowest BCUT2D eigenvalue weighted by molar-refractivity contribution is -0.137. The second kappa shape index (κ2) is 12.4. The lowest BCUT2D eigenvalue weighted by Crippen LogP contribution is -2.24. The zero-order chi connectivity index (χ0) is 17.6. The van der Waals surface area contributed by atoms with Gasteiger partial charge in [0.15, 0.2) is 0 Å². The van der Waals surface area contributed by atoms with Crippen LogP contribution < -0.4 is 10.1 Å². The van der Waals surface area contributed by atoms with E-state index in [-0.39, 0.29) is 12.3 Å². The van der Waals surface area contributed by atoms with Gasteiger partial charge in [0, 0.05) is 18.5 Å². The number of hydrogen-bond donors (Lipinski definition) is 2. The maximum Gasteiger partial charge on any atom is 0.303 e. The van der Waals surface area contributed by atoms with Crippen LogP contribution in [0.3, 0.4) is 0 Å². The average Bonchev–Trinajstić information content (AvgIpc) is 2.59. The molecule has 0 radical (unpaired) electrons. The van der Waals surface area contributed by atoms with Crippen LogP contribution in [0.4, 0.5) is 0 Å². The summed E-state index contributed by atoms with van der Waals surface area (Å²) in [6.07, 6.45) is 8.77. The predicted molar refractivity (Wildman–Crippen MR) is 94.5 cm³/mol. The van der Waals surface area contributed by atoms with Crippen molar-refractivity contribution in [3.63, 3.8) is 0 Å². The molecule has 2 N–H and O–H groups in total. The molecule has 1 aromatic carbocycles. The summed E-state index contributed by atoms with van der Waals surface area (Å²) >= 11 is 0. The highest BCUT2D eigenvalue weighted by Gasteiger charge is 2.05. The minimum absolute atomic E-state index is 0.0627. The Kier molecular flexibility index (Phi) is 10.3. The van der Waals surface area contributed by atoms with Crippen molar-refractivity contribution >= 4 is 11.9 Å².